The van der Waals surface area contributed by atoms with Gasteiger partial charge in [0.05, 0.1) is 12.2 Å². The van der Waals surface area contributed by atoms with Crippen LogP contribution in [0.15, 0.2) is 34.2 Å². The van der Waals surface area contributed by atoms with E-state index in [1.165, 1.54) is 16.1 Å². The summed E-state index contributed by atoms with van der Waals surface area (Å²) in [6.45, 7) is 10.0. The number of carbonyl (C=O) groups excluding carboxylic acids is 1. The summed E-state index contributed by atoms with van der Waals surface area (Å²) in [5, 5.41) is 0. The Morgan fingerprint density at radius 3 is 2.59 bits per heavy atom. The van der Waals surface area contributed by atoms with Crippen molar-refractivity contribution in [2.75, 3.05) is 19.6 Å². The predicted molar refractivity (Wildman–Crippen MR) is 119 cm³/mol. The first-order valence-electron chi connectivity index (χ1n) is 10.1. The van der Waals surface area contributed by atoms with Crippen LogP contribution >= 0.6 is 27.3 Å². The van der Waals surface area contributed by atoms with Crippen molar-refractivity contribution in [2.45, 2.75) is 57.7 Å². The number of benzene rings is 1. The zero-order valence-corrected chi connectivity index (χ0v) is 19.7. The number of fused-ring (bicyclic) bond motifs is 2. The molecule has 4 rings (SSSR count). The molecule has 0 aliphatic carbocycles. The van der Waals surface area contributed by atoms with E-state index in [-0.39, 0.29) is 11.5 Å². The van der Waals surface area contributed by atoms with Crippen molar-refractivity contribution in [1.29, 1.82) is 0 Å². The highest BCUT2D eigenvalue weighted by molar-refractivity contribution is 9.11. The maximum atomic E-state index is 12.8. The molecular formula is C22H28BrN3O2S. The topological polar surface area (TPSA) is 45.7 Å². The van der Waals surface area contributed by atoms with Crippen molar-refractivity contribution in [3.63, 3.8) is 0 Å². The number of aromatic nitrogens is 1. The van der Waals surface area contributed by atoms with E-state index in [1.807, 2.05) is 25.7 Å². The highest BCUT2D eigenvalue weighted by Gasteiger charge is 2.46. The standard InChI is InChI=1S/C22H28BrN3O2S/c1-21(2,3)28-20(27)26-14-17-18(24-19(23)29-17)22(15-26)9-11-25(12-10-22)13-16-7-5-4-6-8-16/h4-8H,9-15H2,1-3H3. The Morgan fingerprint density at radius 2 is 1.93 bits per heavy atom. The molecule has 7 heteroatoms. The number of piperidine rings is 1. The van der Waals surface area contributed by atoms with E-state index >= 15 is 0 Å². The van der Waals surface area contributed by atoms with Crippen LogP contribution in [0.4, 0.5) is 4.79 Å². The van der Waals surface area contributed by atoms with Gasteiger partial charge in [-0.2, -0.15) is 0 Å². The zero-order valence-electron chi connectivity index (χ0n) is 17.3. The lowest BCUT2D eigenvalue weighted by Gasteiger charge is -2.46. The third-order valence-electron chi connectivity index (χ3n) is 5.72. The maximum Gasteiger partial charge on any atom is 0.410 e. The number of carbonyl (C=O) groups is 1. The van der Waals surface area contributed by atoms with Gasteiger partial charge in [0.25, 0.3) is 0 Å². The number of halogens is 1. The number of rotatable bonds is 2. The van der Waals surface area contributed by atoms with Crippen molar-refractivity contribution >= 4 is 33.4 Å². The van der Waals surface area contributed by atoms with Gasteiger partial charge in [-0.3, -0.25) is 4.90 Å². The van der Waals surface area contributed by atoms with Crippen molar-refractivity contribution < 1.29 is 9.53 Å². The van der Waals surface area contributed by atoms with E-state index < -0.39 is 5.60 Å². The second-order valence-corrected chi connectivity index (χ2v) is 11.5. The van der Waals surface area contributed by atoms with Crippen LogP contribution in [-0.4, -0.2) is 46.1 Å². The molecule has 1 aromatic heterocycles. The molecular weight excluding hydrogens is 450 g/mol. The summed E-state index contributed by atoms with van der Waals surface area (Å²) in [6.07, 6.45) is 1.78. The average molecular weight is 478 g/mol. The van der Waals surface area contributed by atoms with E-state index in [0.29, 0.717) is 13.1 Å². The Morgan fingerprint density at radius 1 is 1.24 bits per heavy atom. The van der Waals surface area contributed by atoms with Crippen LogP contribution in [0.3, 0.4) is 0 Å². The van der Waals surface area contributed by atoms with Crippen molar-refractivity contribution in [3.05, 3.63) is 50.4 Å². The molecule has 0 N–H and O–H groups in total. The average Bonchev–Trinajstić information content (AvgIpc) is 3.04. The van der Waals surface area contributed by atoms with E-state index in [9.17, 15) is 4.79 Å². The van der Waals surface area contributed by atoms with E-state index in [4.69, 9.17) is 9.72 Å². The third-order valence-corrected chi connectivity index (χ3v) is 7.21. The molecule has 5 nitrogen and oxygen atoms in total. The van der Waals surface area contributed by atoms with E-state index in [0.717, 1.165) is 36.4 Å². The number of hydrogen-bond donors (Lipinski definition) is 0. The molecule has 2 aromatic rings. The summed E-state index contributed by atoms with van der Waals surface area (Å²) in [6, 6.07) is 10.6. The molecule has 29 heavy (non-hydrogen) atoms. The second kappa shape index (κ2) is 8.00. The summed E-state index contributed by atoms with van der Waals surface area (Å²) >= 11 is 5.21. The second-order valence-electron chi connectivity index (χ2n) is 9.12. The zero-order chi connectivity index (χ0) is 20.6. The molecule has 0 unspecified atom stereocenters. The Bertz CT molecular complexity index is 870. The van der Waals surface area contributed by atoms with Gasteiger partial charge in [-0.1, -0.05) is 30.3 Å². The SMILES string of the molecule is CC(C)(C)OC(=O)N1Cc2sc(Br)nc2C2(CCN(Cc3ccccc3)CC2)C1. The van der Waals surface area contributed by atoms with Crippen LogP contribution in [0, 0.1) is 0 Å². The highest BCUT2D eigenvalue weighted by atomic mass is 79.9. The number of thiazole rings is 1. The Kier molecular flexibility index (Phi) is 5.75. The highest BCUT2D eigenvalue weighted by Crippen LogP contribution is 2.44. The number of nitrogens with zero attached hydrogens (tertiary/aromatic N) is 3. The first-order chi connectivity index (χ1) is 13.7. The molecule has 0 atom stereocenters. The van der Waals surface area contributed by atoms with Gasteiger partial charge < -0.3 is 9.64 Å². The van der Waals surface area contributed by atoms with Crippen LogP contribution in [0.1, 0.15) is 49.7 Å². The molecule has 1 amide bonds. The quantitative estimate of drug-likeness (QED) is 0.596. The number of ether oxygens (including phenoxy) is 1. The summed E-state index contributed by atoms with van der Waals surface area (Å²) < 4.78 is 6.58. The van der Waals surface area contributed by atoms with Gasteiger partial charge in [0.1, 0.15) is 5.60 Å². The van der Waals surface area contributed by atoms with Crippen LogP contribution in [0.2, 0.25) is 0 Å². The molecule has 2 aliphatic rings. The fourth-order valence-electron chi connectivity index (χ4n) is 4.35. The smallest absolute Gasteiger partial charge is 0.410 e. The molecule has 0 radical (unpaired) electrons. The van der Waals surface area contributed by atoms with Gasteiger partial charge in [0, 0.05) is 23.4 Å². The molecule has 0 bridgehead atoms. The molecule has 1 spiro atoms. The molecule has 1 aromatic carbocycles. The maximum absolute atomic E-state index is 12.8. The van der Waals surface area contributed by atoms with Crippen molar-refractivity contribution in [1.82, 2.24) is 14.8 Å². The van der Waals surface area contributed by atoms with Gasteiger partial charge in [-0.15, -0.1) is 11.3 Å². The molecule has 1 saturated heterocycles. The van der Waals surface area contributed by atoms with Crippen LogP contribution < -0.4 is 0 Å². The summed E-state index contributed by atoms with van der Waals surface area (Å²) in [5.74, 6) is 0. The Hall–Kier alpha value is -1.44. The van der Waals surface area contributed by atoms with Gasteiger partial charge >= 0.3 is 6.09 Å². The number of amides is 1. The largest absolute Gasteiger partial charge is 0.444 e. The first kappa shape index (κ1) is 20.8. The lowest BCUT2D eigenvalue weighted by molar-refractivity contribution is 0.0102. The normalized spacial score (nSPS) is 19.2. The van der Waals surface area contributed by atoms with Crippen molar-refractivity contribution in [2.24, 2.45) is 0 Å². The molecule has 156 valence electrons. The fourth-order valence-corrected chi connectivity index (χ4v) is 6.03. The van der Waals surface area contributed by atoms with Crippen LogP contribution in [-0.2, 0) is 23.2 Å². The lowest BCUT2D eigenvalue weighted by atomic mass is 9.73. The summed E-state index contributed by atoms with van der Waals surface area (Å²) in [7, 11) is 0. The Balaban J connectivity index is 1.52. The van der Waals surface area contributed by atoms with Crippen molar-refractivity contribution in [3.8, 4) is 0 Å². The summed E-state index contributed by atoms with van der Waals surface area (Å²) in [4.78, 5) is 23.2. The molecule has 3 heterocycles. The lowest BCUT2D eigenvalue weighted by Crippen LogP contribution is -2.53. The van der Waals surface area contributed by atoms with Gasteiger partial charge in [-0.25, -0.2) is 9.78 Å². The molecule has 1 fully saturated rings. The van der Waals surface area contributed by atoms with Gasteiger partial charge in [-0.05, 0) is 68.2 Å². The first-order valence-corrected chi connectivity index (χ1v) is 11.7. The third kappa shape index (κ3) is 4.67. The van der Waals surface area contributed by atoms with Crippen LogP contribution in [0.5, 0.6) is 0 Å². The van der Waals surface area contributed by atoms with E-state index in [2.05, 4.69) is 51.2 Å². The number of likely N-dealkylation sites (tertiary alicyclic amines) is 1. The predicted octanol–water partition coefficient (Wildman–Crippen LogP) is 5.19. The Labute approximate surface area is 185 Å². The minimum absolute atomic E-state index is 0.0831. The van der Waals surface area contributed by atoms with E-state index in [1.54, 1.807) is 11.3 Å². The van der Waals surface area contributed by atoms with Gasteiger partial charge in [0.15, 0.2) is 3.92 Å². The minimum atomic E-state index is -0.488. The van der Waals surface area contributed by atoms with Gasteiger partial charge in [0.2, 0.25) is 0 Å². The minimum Gasteiger partial charge on any atom is -0.444 e. The molecule has 2 aliphatic heterocycles. The fraction of sp³-hybridized carbons (Fsp3) is 0.545. The number of hydrogen-bond acceptors (Lipinski definition) is 5. The van der Waals surface area contributed by atoms with Crippen LogP contribution in [0.25, 0.3) is 0 Å². The summed E-state index contributed by atoms with van der Waals surface area (Å²) in [5.41, 5.74) is 1.96. The molecule has 0 saturated carbocycles. The monoisotopic (exact) mass is 477 g/mol.